The van der Waals surface area contributed by atoms with Crippen LogP contribution in [0.15, 0.2) is 29.8 Å². The summed E-state index contributed by atoms with van der Waals surface area (Å²) < 4.78 is 5.77. The van der Waals surface area contributed by atoms with E-state index in [1.165, 1.54) is 5.57 Å². The Labute approximate surface area is 125 Å². The van der Waals surface area contributed by atoms with Gasteiger partial charge in [0.05, 0.1) is 5.92 Å². The fraction of sp³-hybridized carbons (Fsp3) is 0.471. The van der Waals surface area contributed by atoms with Crippen molar-refractivity contribution in [1.82, 2.24) is 4.90 Å². The van der Waals surface area contributed by atoms with Gasteiger partial charge < -0.3 is 9.84 Å². The standard InChI is InChI=1S/C17H21NO3/c1-12-6-15(17(19)20)10-18(8-12)9-13-7-14-4-2-3-5-16(14)21-11-13/h2-5,7,12,15H,6,8-11H2,1H3,(H,19,20). The molecular weight excluding hydrogens is 266 g/mol. The molecule has 0 spiro atoms. The molecule has 1 fully saturated rings. The van der Waals surface area contributed by atoms with Crippen molar-refractivity contribution in [3.63, 3.8) is 0 Å². The van der Waals surface area contributed by atoms with Gasteiger partial charge in [0.2, 0.25) is 0 Å². The van der Waals surface area contributed by atoms with E-state index >= 15 is 0 Å². The second kappa shape index (κ2) is 5.90. The van der Waals surface area contributed by atoms with Crippen LogP contribution in [0.2, 0.25) is 0 Å². The third kappa shape index (κ3) is 3.27. The average molecular weight is 287 g/mol. The monoisotopic (exact) mass is 287 g/mol. The smallest absolute Gasteiger partial charge is 0.307 e. The Balaban J connectivity index is 1.69. The summed E-state index contributed by atoms with van der Waals surface area (Å²) in [6.45, 7) is 5.12. The number of aliphatic carboxylic acids is 1. The summed E-state index contributed by atoms with van der Waals surface area (Å²) >= 11 is 0. The maximum absolute atomic E-state index is 11.2. The molecule has 1 aromatic rings. The van der Waals surface area contributed by atoms with Crippen LogP contribution in [0.3, 0.4) is 0 Å². The Morgan fingerprint density at radius 1 is 1.38 bits per heavy atom. The highest BCUT2D eigenvalue weighted by atomic mass is 16.5. The molecule has 4 heteroatoms. The summed E-state index contributed by atoms with van der Waals surface area (Å²) in [6, 6.07) is 8.01. The van der Waals surface area contributed by atoms with Gasteiger partial charge in [0.1, 0.15) is 12.4 Å². The first kappa shape index (κ1) is 14.1. The van der Waals surface area contributed by atoms with Gasteiger partial charge in [-0.1, -0.05) is 25.1 Å². The molecule has 3 rings (SSSR count). The molecule has 1 aromatic carbocycles. The van der Waals surface area contributed by atoms with Crippen LogP contribution < -0.4 is 4.74 Å². The molecule has 2 aliphatic rings. The number of carbonyl (C=O) groups is 1. The van der Waals surface area contributed by atoms with E-state index in [1.54, 1.807) is 0 Å². The lowest BCUT2D eigenvalue weighted by molar-refractivity contribution is -0.144. The minimum Gasteiger partial charge on any atom is -0.489 e. The van der Waals surface area contributed by atoms with Crippen LogP contribution in [0.1, 0.15) is 18.9 Å². The summed E-state index contributed by atoms with van der Waals surface area (Å²) in [5.74, 6) is 0.436. The van der Waals surface area contributed by atoms with E-state index < -0.39 is 5.97 Å². The average Bonchev–Trinajstić information content (AvgIpc) is 2.46. The predicted molar refractivity (Wildman–Crippen MR) is 81.3 cm³/mol. The maximum atomic E-state index is 11.2. The molecule has 0 amide bonds. The van der Waals surface area contributed by atoms with Crippen molar-refractivity contribution >= 4 is 12.0 Å². The van der Waals surface area contributed by atoms with Gasteiger partial charge in [0.25, 0.3) is 0 Å². The minimum atomic E-state index is -0.675. The van der Waals surface area contributed by atoms with E-state index in [2.05, 4.69) is 17.9 Å². The number of piperidine rings is 1. The number of likely N-dealkylation sites (tertiary alicyclic amines) is 1. The van der Waals surface area contributed by atoms with E-state index in [1.807, 2.05) is 24.3 Å². The highest BCUT2D eigenvalue weighted by Gasteiger charge is 2.29. The van der Waals surface area contributed by atoms with E-state index in [9.17, 15) is 9.90 Å². The predicted octanol–water partition coefficient (Wildman–Crippen LogP) is 2.51. The molecule has 2 aliphatic heterocycles. The molecule has 0 saturated carbocycles. The number of fused-ring (bicyclic) bond motifs is 1. The first-order chi connectivity index (χ1) is 10.1. The van der Waals surface area contributed by atoms with Gasteiger partial charge in [-0.25, -0.2) is 0 Å². The molecule has 0 aliphatic carbocycles. The highest BCUT2D eigenvalue weighted by molar-refractivity contribution is 5.70. The van der Waals surface area contributed by atoms with Crippen molar-refractivity contribution < 1.29 is 14.6 Å². The molecule has 1 saturated heterocycles. The van der Waals surface area contributed by atoms with Crippen molar-refractivity contribution in [2.75, 3.05) is 26.2 Å². The first-order valence-electron chi connectivity index (χ1n) is 7.48. The largest absolute Gasteiger partial charge is 0.489 e. The topological polar surface area (TPSA) is 49.8 Å². The number of para-hydroxylation sites is 1. The zero-order valence-electron chi connectivity index (χ0n) is 12.3. The van der Waals surface area contributed by atoms with Crippen LogP contribution in [0.25, 0.3) is 6.08 Å². The molecule has 4 nitrogen and oxygen atoms in total. The summed E-state index contributed by atoms with van der Waals surface area (Å²) in [6.07, 6.45) is 2.96. The van der Waals surface area contributed by atoms with Crippen molar-refractivity contribution in [2.45, 2.75) is 13.3 Å². The first-order valence-corrected chi connectivity index (χ1v) is 7.48. The van der Waals surface area contributed by atoms with Crippen LogP contribution >= 0.6 is 0 Å². The number of ether oxygens (including phenoxy) is 1. The summed E-state index contributed by atoms with van der Waals surface area (Å²) in [4.78, 5) is 13.5. The van der Waals surface area contributed by atoms with Crippen molar-refractivity contribution in [3.05, 3.63) is 35.4 Å². The second-order valence-corrected chi connectivity index (χ2v) is 6.20. The Hall–Kier alpha value is -1.81. The van der Waals surface area contributed by atoms with Gasteiger partial charge in [-0.2, -0.15) is 0 Å². The minimum absolute atomic E-state index is 0.244. The van der Waals surface area contributed by atoms with Gasteiger partial charge >= 0.3 is 5.97 Å². The van der Waals surface area contributed by atoms with Crippen LogP contribution in [0.4, 0.5) is 0 Å². The molecule has 2 atom stereocenters. The zero-order valence-corrected chi connectivity index (χ0v) is 12.3. The van der Waals surface area contributed by atoms with E-state index in [4.69, 9.17) is 4.74 Å². The normalized spacial score (nSPS) is 25.7. The van der Waals surface area contributed by atoms with E-state index in [0.29, 0.717) is 19.1 Å². The molecule has 0 bridgehead atoms. The number of benzene rings is 1. The van der Waals surface area contributed by atoms with Crippen LogP contribution in [-0.4, -0.2) is 42.2 Å². The summed E-state index contributed by atoms with van der Waals surface area (Å²) in [5.41, 5.74) is 2.32. The van der Waals surface area contributed by atoms with Crippen LogP contribution in [0.5, 0.6) is 5.75 Å². The molecule has 112 valence electrons. The quantitative estimate of drug-likeness (QED) is 0.928. The summed E-state index contributed by atoms with van der Waals surface area (Å²) in [7, 11) is 0. The number of nitrogens with zero attached hydrogens (tertiary/aromatic N) is 1. The third-order valence-electron chi connectivity index (χ3n) is 4.20. The number of rotatable bonds is 3. The second-order valence-electron chi connectivity index (χ2n) is 6.20. The molecule has 21 heavy (non-hydrogen) atoms. The van der Waals surface area contributed by atoms with Gasteiger partial charge in [0.15, 0.2) is 0 Å². The van der Waals surface area contributed by atoms with Crippen molar-refractivity contribution in [3.8, 4) is 5.75 Å². The molecule has 0 radical (unpaired) electrons. The van der Waals surface area contributed by atoms with Gasteiger partial charge in [0, 0.05) is 25.2 Å². The maximum Gasteiger partial charge on any atom is 0.307 e. The van der Waals surface area contributed by atoms with Crippen LogP contribution in [0, 0.1) is 11.8 Å². The van der Waals surface area contributed by atoms with Crippen molar-refractivity contribution in [1.29, 1.82) is 0 Å². The van der Waals surface area contributed by atoms with E-state index in [0.717, 1.165) is 30.8 Å². The molecule has 2 heterocycles. The number of hydrogen-bond donors (Lipinski definition) is 1. The fourth-order valence-corrected chi connectivity index (χ4v) is 3.31. The molecular formula is C17H21NO3. The van der Waals surface area contributed by atoms with Gasteiger partial charge in [-0.15, -0.1) is 0 Å². The highest BCUT2D eigenvalue weighted by Crippen LogP contribution is 2.27. The Morgan fingerprint density at radius 2 is 2.19 bits per heavy atom. The van der Waals surface area contributed by atoms with Crippen LogP contribution in [-0.2, 0) is 4.79 Å². The lowest BCUT2D eigenvalue weighted by Crippen LogP contribution is -2.43. The number of carboxylic acid groups (broad SMARTS) is 1. The number of carboxylic acids is 1. The molecule has 2 unspecified atom stereocenters. The lowest BCUT2D eigenvalue weighted by Gasteiger charge is -2.35. The van der Waals surface area contributed by atoms with Gasteiger partial charge in [-0.3, -0.25) is 9.69 Å². The molecule has 0 aromatic heterocycles. The van der Waals surface area contributed by atoms with E-state index in [-0.39, 0.29) is 5.92 Å². The Kier molecular flexibility index (Phi) is 3.97. The number of hydrogen-bond acceptors (Lipinski definition) is 3. The summed E-state index contributed by atoms with van der Waals surface area (Å²) in [5, 5.41) is 9.24. The zero-order chi connectivity index (χ0) is 14.8. The van der Waals surface area contributed by atoms with Gasteiger partial charge in [-0.05, 0) is 30.1 Å². The lowest BCUT2D eigenvalue weighted by atomic mass is 9.90. The fourth-order valence-electron chi connectivity index (χ4n) is 3.31. The molecule has 1 N–H and O–H groups in total. The SMILES string of the molecule is CC1CC(C(=O)O)CN(CC2=Cc3ccccc3OC2)C1. The third-order valence-corrected chi connectivity index (χ3v) is 4.20. The van der Waals surface area contributed by atoms with Crippen molar-refractivity contribution in [2.24, 2.45) is 11.8 Å². The Bertz CT molecular complexity index is 567. The Morgan fingerprint density at radius 3 is 3.00 bits per heavy atom.